The maximum atomic E-state index is 7.00. The smallest absolute Gasteiger partial charge is 0.178 e. The molecule has 0 saturated carbocycles. The molecule has 0 unspecified atom stereocenters. The van der Waals surface area contributed by atoms with Crippen LogP contribution in [0.25, 0.3) is 83.4 Å². The van der Waals surface area contributed by atoms with Gasteiger partial charge in [0.2, 0.25) is 0 Å². The molecule has 0 amide bonds. The number of ether oxygens (including phenoxy) is 2. The lowest BCUT2D eigenvalue weighted by Crippen LogP contribution is -2.15. The van der Waals surface area contributed by atoms with Crippen molar-refractivity contribution >= 4 is 21.8 Å². The summed E-state index contributed by atoms with van der Waals surface area (Å²) in [6, 6.07) is 68.7. The average molecular weight is 771 g/mol. The van der Waals surface area contributed by atoms with Gasteiger partial charge in [-0.3, -0.25) is 0 Å². The van der Waals surface area contributed by atoms with Crippen LogP contribution in [0.3, 0.4) is 0 Å². The van der Waals surface area contributed by atoms with E-state index in [9.17, 15) is 0 Å². The minimum atomic E-state index is -0.146. The molecule has 2 aromatic heterocycles. The zero-order chi connectivity index (χ0) is 40.0. The first-order chi connectivity index (χ1) is 29.5. The molecule has 4 nitrogen and oxygen atoms in total. The Balaban J connectivity index is 0.946. The Hall–Kier alpha value is -7.69. The highest BCUT2D eigenvalue weighted by molar-refractivity contribution is 6.09. The number of hydrogen-bond donors (Lipinski definition) is 0. The van der Waals surface area contributed by atoms with Gasteiger partial charge >= 0.3 is 0 Å². The van der Waals surface area contributed by atoms with Crippen molar-refractivity contribution in [2.75, 3.05) is 0 Å². The number of rotatable bonds is 5. The van der Waals surface area contributed by atoms with Gasteiger partial charge < -0.3 is 14.0 Å². The van der Waals surface area contributed by atoms with E-state index in [0.29, 0.717) is 11.5 Å². The standard InChI is InChI=1S/C56H38N2O2/c1-56(2)45-22-9-6-20-44(45)53-46(56)30-31-52-55(53)60-54-41(21-13-25-51(54)59-52)37-16-12-17-38(32-37)48-34-39(33-47(57-48)36-14-4-3-5-15-36)35-26-28-40(29-27-35)58-49-23-10-7-18-42(49)43-19-8-11-24-50(43)58/h3-34H,1-2H3. The Kier molecular flexibility index (Phi) is 7.54. The van der Waals surface area contributed by atoms with Gasteiger partial charge in [-0.25, -0.2) is 4.98 Å². The van der Waals surface area contributed by atoms with Crippen molar-refractivity contribution in [2.45, 2.75) is 19.3 Å². The molecule has 12 rings (SSSR count). The summed E-state index contributed by atoms with van der Waals surface area (Å²) in [5, 5.41) is 2.51. The minimum absolute atomic E-state index is 0.146. The summed E-state index contributed by atoms with van der Waals surface area (Å²) >= 11 is 0. The Labute approximate surface area is 348 Å². The van der Waals surface area contributed by atoms with Crippen molar-refractivity contribution in [3.63, 3.8) is 0 Å². The van der Waals surface area contributed by atoms with Crippen molar-refractivity contribution in [2.24, 2.45) is 0 Å². The highest BCUT2D eigenvalue weighted by atomic mass is 16.6. The van der Waals surface area contributed by atoms with Crippen LogP contribution >= 0.6 is 0 Å². The largest absolute Gasteiger partial charge is 0.449 e. The summed E-state index contributed by atoms with van der Waals surface area (Å²) in [7, 11) is 0. The fourth-order valence-corrected chi connectivity index (χ4v) is 9.53. The molecule has 3 heterocycles. The summed E-state index contributed by atoms with van der Waals surface area (Å²) in [5.41, 5.74) is 16.3. The van der Waals surface area contributed by atoms with Crippen LogP contribution in [0, 0.1) is 0 Å². The predicted molar refractivity (Wildman–Crippen MR) is 244 cm³/mol. The third-order valence-electron chi connectivity index (χ3n) is 12.5. The van der Waals surface area contributed by atoms with E-state index in [1.807, 2.05) is 18.2 Å². The molecule has 2 aliphatic rings. The van der Waals surface area contributed by atoms with E-state index in [4.69, 9.17) is 14.5 Å². The number of benzene rings is 8. The molecule has 1 aliphatic carbocycles. The minimum Gasteiger partial charge on any atom is -0.449 e. The lowest BCUT2D eigenvalue weighted by atomic mass is 9.82. The van der Waals surface area contributed by atoms with Crippen LogP contribution in [0.4, 0.5) is 0 Å². The van der Waals surface area contributed by atoms with Crippen molar-refractivity contribution in [3.8, 4) is 84.6 Å². The molecule has 8 aromatic carbocycles. The molecule has 0 N–H and O–H groups in total. The second kappa shape index (κ2) is 13.2. The maximum absolute atomic E-state index is 7.00. The Morgan fingerprint density at radius 2 is 1.03 bits per heavy atom. The van der Waals surface area contributed by atoms with E-state index < -0.39 is 0 Å². The molecule has 0 fully saturated rings. The van der Waals surface area contributed by atoms with Crippen LogP contribution in [0.1, 0.15) is 25.0 Å². The summed E-state index contributed by atoms with van der Waals surface area (Å²) in [5.74, 6) is 2.92. The topological polar surface area (TPSA) is 36.3 Å². The molecular weight excluding hydrogens is 733 g/mol. The van der Waals surface area contributed by atoms with E-state index in [-0.39, 0.29) is 5.41 Å². The van der Waals surface area contributed by atoms with E-state index in [0.717, 1.165) is 67.5 Å². The van der Waals surface area contributed by atoms with E-state index in [2.05, 4.69) is 194 Å². The number of fused-ring (bicyclic) bond motifs is 9. The van der Waals surface area contributed by atoms with Crippen LogP contribution in [0.15, 0.2) is 194 Å². The van der Waals surface area contributed by atoms with Gasteiger partial charge in [-0.15, -0.1) is 0 Å². The third kappa shape index (κ3) is 5.27. The van der Waals surface area contributed by atoms with Gasteiger partial charge in [0.05, 0.1) is 22.4 Å². The summed E-state index contributed by atoms with van der Waals surface area (Å²) in [6.07, 6.45) is 0. The van der Waals surface area contributed by atoms with Gasteiger partial charge in [0.25, 0.3) is 0 Å². The molecule has 0 saturated heterocycles. The summed E-state index contributed by atoms with van der Waals surface area (Å²) in [4.78, 5) is 5.29. The van der Waals surface area contributed by atoms with Gasteiger partial charge in [0.15, 0.2) is 23.0 Å². The van der Waals surface area contributed by atoms with E-state index >= 15 is 0 Å². The quantitative estimate of drug-likeness (QED) is 0.175. The lowest BCUT2D eigenvalue weighted by Gasteiger charge is -2.26. The SMILES string of the molecule is CC1(C)c2ccccc2-c2c1ccc1c2Oc2c(cccc2-c2cccc(-c3cc(-c4ccc(-n5c6ccccc6c6ccccc65)cc4)cc(-c4ccccc4)n3)c2)O1. The van der Waals surface area contributed by atoms with Crippen LogP contribution in [0.2, 0.25) is 0 Å². The van der Waals surface area contributed by atoms with Crippen molar-refractivity contribution in [1.82, 2.24) is 9.55 Å². The first-order valence-electron chi connectivity index (χ1n) is 20.5. The van der Waals surface area contributed by atoms with Crippen molar-refractivity contribution in [1.29, 1.82) is 0 Å². The molecule has 284 valence electrons. The molecule has 4 heteroatoms. The summed E-state index contributed by atoms with van der Waals surface area (Å²) in [6.45, 7) is 4.57. The average Bonchev–Trinajstić information content (AvgIpc) is 3.77. The molecule has 1 aliphatic heterocycles. The van der Waals surface area contributed by atoms with Crippen molar-refractivity contribution in [3.05, 3.63) is 205 Å². The molecule has 10 aromatic rings. The molecule has 0 atom stereocenters. The van der Waals surface area contributed by atoms with Gasteiger partial charge in [-0.05, 0) is 88.0 Å². The number of nitrogens with zero attached hydrogens (tertiary/aromatic N) is 2. The number of para-hydroxylation sites is 3. The molecule has 0 bridgehead atoms. The first-order valence-corrected chi connectivity index (χ1v) is 20.5. The fourth-order valence-electron chi connectivity index (χ4n) is 9.53. The molecule has 0 spiro atoms. The number of hydrogen-bond acceptors (Lipinski definition) is 3. The number of aromatic nitrogens is 2. The Morgan fingerprint density at radius 3 is 1.82 bits per heavy atom. The molecular formula is C56H38N2O2. The third-order valence-corrected chi connectivity index (χ3v) is 12.5. The van der Waals surface area contributed by atoms with Gasteiger partial charge in [-0.1, -0.05) is 153 Å². The van der Waals surface area contributed by atoms with Crippen LogP contribution in [-0.2, 0) is 5.41 Å². The second-order valence-corrected chi connectivity index (χ2v) is 16.3. The van der Waals surface area contributed by atoms with Gasteiger partial charge in [0, 0.05) is 44.1 Å². The molecule has 60 heavy (non-hydrogen) atoms. The van der Waals surface area contributed by atoms with Crippen LogP contribution in [-0.4, -0.2) is 9.55 Å². The monoisotopic (exact) mass is 770 g/mol. The zero-order valence-corrected chi connectivity index (χ0v) is 33.2. The number of pyridine rings is 1. The summed E-state index contributed by atoms with van der Waals surface area (Å²) < 4.78 is 16.0. The van der Waals surface area contributed by atoms with E-state index in [1.165, 1.54) is 38.5 Å². The first kappa shape index (κ1) is 34.4. The Morgan fingerprint density at radius 1 is 0.417 bits per heavy atom. The van der Waals surface area contributed by atoms with Crippen molar-refractivity contribution < 1.29 is 9.47 Å². The second-order valence-electron chi connectivity index (χ2n) is 16.3. The van der Waals surface area contributed by atoms with Crippen LogP contribution < -0.4 is 9.47 Å². The predicted octanol–water partition coefficient (Wildman–Crippen LogP) is 15.1. The zero-order valence-electron chi connectivity index (χ0n) is 33.2. The van der Waals surface area contributed by atoms with Gasteiger partial charge in [-0.2, -0.15) is 0 Å². The van der Waals surface area contributed by atoms with Crippen LogP contribution in [0.5, 0.6) is 23.0 Å². The Bertz CT molecular complexity index is 3290. The van der Waals surface area contributed by atoms with E-state index in [1.54, 1.807) is 0 Å². The maximum Gasteiger partial charge on any atom is 0.178 e. The highest BCUT2D eigenvalue weighted by Crippen LogP contribution is 2.59. The molecule has 0 radical (unpaired) electrons. The lowest BCUT2D eigenvalue weighted by molar-refractivity contribution is 0.361. The normalized spacial score (nSPS) is 13.2. The highest BCUT2D eigenvalue weighted by Gasteiger charge is 2.39. The van der Waals surface area contributed by atoms with Gasteiger partial charge in [0.1, 0.15) is 0 Å². The fraction of sp³-hybridized carbons (Fsp3) is 0.0536.